The summed E-state index contributed by atoms with van der Waals surface area (Å²) in [6.07, 6.45) is 1.98. The molecule has 0 saturated heterocycles. The fraction of sp³-hybridized carbons (Fsp3) is 0.923. The molecule has 0 aromatic heterocycles. The lowest BCUT2D eigenvalue weighted by atomic mass is 10.1. The summed E-state index contributed by atoms with van der Waals surface area (Å²) < 4.78 is 23.4. The van der Waals surface area contributed by atoms with Gasteiger partial charge in [-0.3, -0.25) is 9.36 Å². The second kappa shape index (κ2) is 8.44. The minimum Gasteiger partial charge on any atom is -0.345 e. The molecule has 0 amide bonds. The Morgan fingerprint density at radius 2 is 1.80 bits per heavy atom. The number of hydrogen-bond donors (Lipinski definition) is 1. The fourth-order valence-electron chi connectivity index (χ4n) is 1.43. The van der Waals surface area contributed by atoms with Crippen molar-refractivity contribution < 1.29 is 18.2 Å². The SMILES string of the molecule is CCC(C)CCNOP(=O)(O[Si](C)(C)C)C(=O)C(C)C. The second-order valence-electron chi connectivity index (χ2n) is 6.48. The zero-order chi connectivity index (χ0) is 16.0. The Hall–Kier alpha value is -0.00312. The first-order valence-corrected chi connectivity index (χ1v) is 12.2. The molecule has 0 rings (SSSR count). The van der Waals surface area contributed by atoms with E-state index in [1.165, 1.54) is 0 Å². The van der Waals surface area contributed by atoms with Crippen molar-refractivity contribution in [1.29, 1.82) is 0 Å². The highest BCUT2D eigenvalue weighted by Crippen LogP contribution is 2.52. The van der Waals surface area contributed by atoms with Gasteiger partial charge in [-0.2, -0.15) is 5.48 Å². The Bertz CT molecular complexity index is 355. The summed E-state index contributed by atoms with van der Waals surface area (Å²) in [5.74, 6) is 0.178. The zero-order valence-electron chi connectivity index (χ0n) is 13.9. The van der Waals surface area contributed by atoms with E-state index in [1.807, 2.05) is 19.6 Å². The monoisotopic (exact) mass is 323 g/mol. The summed E-state index contributed by atoms with van der Waals surface area (Å²) >= 11 is 0. The summed E-state index contributed by atoms with van der Waals surface area (Å²) in [6.45, 7) is 13.9. The molecule has 2 atom stereocenters. The van der Waals surface area contributed by atoms with E-state index >= 15 is 0 Å². The van der Waals surface area contributed by atoms with Crippen molar-refractivity contribution in [3.05, 3.63) is 0 Å². The van der Waals surface area contributed by atoms with E-state index in [-0.39, 0.29) is 5.92 Å². The average molecular weight is 323 g/mol. The van der Waals surface area contributed by atoms with E-state index in [4.69, 9.17) is 8.84 Å². The predicted molar refractivity (Wildman–Crippen MR) is 85.0 cm³/mol. The molecule has 20 heavy (non-hydrogen) atoms. The molecule has 0 aliphatic heterocycles. The van der Waals surface area contributed by atoms with Gasteiger partial charge >= 0.3 is 7.60 Å². The quantitative estimate of drug-likeness (QED) is 0.283. The van der Waals surface area contributed by atoms with Crippen LogP contribution in [0.1, 0.15) is 40.5 Å². The van der Waals surface area contributed by atoms with Crippen LogP contribution in [0.3, 0.4) is 0 Å². The molecule has 0 saturated carbocycles. The number of hydroxylamine groups is 1. The lowest BCUT2D eigenvalue weighted by molar-refractivity contribution is -0.116. The van der Waals surface area contributed by atoms with E-state index in [1.54, 1.807) is 13.8 Å². The summed E-state index contributed by atoms with van der Waals surface area (Å²) in [5.41, 5.74) is 2.20. The topological polar surface area (TPSA) is 64.6 Å². The molecule has 0 aromatic rings. The molecule has 0 aliphatic rings. The van der Waals surface area contributed by atoms with E-state index in [0.717, 1.165) is 12.8 Å². The standard InChI is InChI=1S/C13H30NO4PSi/c1-8-12(4)9-10-14-17-19(16,13(15)11(2)3)18-20(5,6)7/h11-12,14H,8-10H2,1-7H3. The number of hydrogen-bond acceptors (Lipinski definition) is 5. The third-order valence-corrected chi connectivity index (χ3v) is 7.36. The molecule has 0 aliphatic carbocycles. The maximum Gasteiger partial charge on any atom is 0.403 e. The Morgan fingerprint density at radius 1 is 1.25 bits per heavy atom. The maximum absolute atomic E-state index is 12.7. The van der Waals surface area contributed by atoms with Crippen LogP contribution >= 0.6 is 7.60 Å². The van der Waals surface area contributed by atoms with Gasteiger partial charge in [0, 0.05) is 12.5 Å². The molecule has 0 radical (unpaired) electrons. The Balaban J connectivity index is 4.64. The Labute approximate surface area is 124 Å². The molecule has 7 heteroatoms. The average Bonchev–Trinajstić information content (AvgIpc) is 2.31. The van der Waals surface area contributed by atoms with Crippen molar-refractivity contribution in [3.8, 4) is 0 Å². The largest absolute Gasteiger partial charge is 0.403 e. The van der Waals surface area contributed by atoms with Gasteiger partial charge in [0.15, 0.2) is 8.32 Å². The fourth-order valence-corrected chi connectivity index (χ4v) is 5.80. The van der Waals surface area contributed by atoms with E-state index < -0.39 is 21.4 Å². The van der Waals surface area contributed by atoms with Crippen molar-refractivity contribution in [3.63, 3.8) is 0 Å². The third kappa shape index (κ3) is 7.69. The van der Waals surface area contributed by atoms with Gasteiger partial charge in [0.2, 0.25) is 5.52 Å². The van der Waals surface area contributed by atoms with Crippen molar-refractivity contribution >= 4 is 21.4 Å². The number of nitrogens with one attached hydrogen (secondary N) is 1. The van der Waals surface area contributed by atoms with E-state index in [2.05, 4.69) is 19.3 Å². The Kier molecular flexibility index (Phi) is 8.44. The van der Waals surface area contributed by atoms with Gasteiger partial charge in [0.25, 0.3) is 0 Å². The van der Waals surface area contributed by atoms with Crippen molar-refractivity contribution in [2.45, 2.75) is 60.2 Å². The number of carbonyl (C=O) groups excluding carboxylic acids is 1. The molecule has 0 spiro atoms. The van der Waals surface area contributed by atoms with Crippen LogP contribution in [-0.4, -0.2) is 20.4 Å². The highest BCUT2D eigenvalue weighted by atomic mass is 31.2. The van der Waals surface area contributed by atoms with Crippen LogP contribution in [0.4, 0.5) is 0 Å². The highest BCUT2D eigenvalue weighted by molar-refractivity contribution is 7.73. The van der Waals surface area contributed by atoms with Crippen LogP contribution in [0.5, 0.6) is 0 Å². The normalized spacial score (nSPS) is 17.0. The van der Waals surface area contributed by atoms with Gasteiger partial charge in [-0.25, -0.2) is 4.62 Å². The summed E-state index contributed by atoms with van der Waals surface area (Å²) in [4.78, 5) is 12.1. The zero-order valence-corrected chi connectivity index (χ0v) is 15.8. The van der Waals surface area contributed by atoms with Crippen molar-refractivity contribution in [1.82, 2.24) is 5.48 Å². The van der Waals surface area contributed by atoms with Crippen LogP contribution in [0, 0.1) is 11.8 Å². The summed E-state index contributed by atoms with van der Waals surface area (Å²) in [5, 5.41) is 0. The van der Waals surface area contributed by atoms with Gasteiger partial charge in [-0.05, 0) is 32.0 Å². The van der Waals surface area contributed by atoms with Crippen LogP contribution in [0.15, 0.2) is 0 Å². The molecule has 2 unspecified atom stereocenters. The molecular weight excluding hydrogens is 293 g/mol. The molecule has 120 valence electrons. The molecule has 5 nitrogen and oxygen atoms in total. The van der Waals surface area contributed by atoms with Crippen LogP contribution < -0.4 is 5.48 Å². The van der Waals surface area contributed by atoms with Crippen LogP contribution in [0.2, 0.25) is 19.6 Å². The van der Waals surface area contributed by atoms with E-state index in [0.29, 0.717) is 12.5 Å². The van der Waals surface area contributed by atoms with Crippen LogP contribution in [-0.2, 0) is 18.2 Å². The van der Waals surface area contributed by atoms with Gasteiger partial charge in [-0.1, -0.05) is 34.1 Å². The first kappa shape index (κ1) is 20.0. The summed E-state index contributed by atoms with van der Waals surface area (Å²) in [7, 11) is -5.88. The lowest BCUT2D eigenvalue weighted by Gasteiger charge is -2.25. The highest BCUT2D eigenvalue weighted by Gasteiger charge is 2.41. The van der Waals surface area contributed by atoms with Crippen LogP contribution in [0.25, 0.3) is 0 Å². The first-order chi connectivity index (χ1) is 9.02. The molecular formula is C13H30NO4PSi. The minimum atomic E-state index is -3.74. The van der Waals surface area contributed by atoms with Gasteiger partial charge in [-0.15, -0.1) is 0 Å². The molecule has 0 heterocycles. The number of carbonyl (C=O) groups is 1. The van der Waals surface area contributed by atoms with E-state index in [9.17, 15) is 9.36 Å². The molecule has 0 aromatic carbocycles. The van der Waals surface area contributed by atoms with Crippen molar-refractivity contribution in [2.24, 2.45) is 11.8 Å². The smallest absolute Gasteiger partial charge is 0.345 e. The summed E-state index contributed by atoms with van der Waals surface area (Å²) in [6, 6.07) is 0. The third-order valence-electron chi connectivity index (χ3n) is 2.78. The predicted octanol–water partition coefficient (Wildman–Crippen LogP) is 4.17. The lowest BCUT2D eigenvalue weighted by Crippen LogP contribution is -2.30. The maximum atomic E-state index is 12.7. The second-order valence-corrected chi connectivity index (χ2v) is 13.1. The van der Waals surface area contributed by atoms with Crippen molar-refractivity contribution in [2.75, 3.05) is 6.54 Å². The molecule has 0 fully saturated rings. The number of rotatable bonds is 10. The van der Waals surface area contributed by atoms with Gasteiger partial charge < -0.3 is 4.21 Å². The minimum absolute atomic E-state index is 0.381. The first-order valence-electron chi connectivity index (χ1n) is 7.28. The van der Waals surface area contributed by atoms with Gasteiger partial charge in [0.1, 0.15) is 0 Å². The van der Waals surface area contributed by atoms with Gasteiger partial charge in [0.05, 0.1) is 0 Å². The Morgan fingerprint density at radius 3 is 2.20 bits per heavy atom. The molecule has 0 bridgehead atoms. The molecule has 1 N–H and O–H groups in total.